The van der Waals surface area contributed by atoms with Crippen LogP contribution in [-0.2, 0) is 22.7 Å². The Balaban J connectivity index is 1.63. The van der Waals surface area contributed by atoms with E-state index in [1.165, 1.54) is 27.9 Å². The molecule has 0 aliphatic heterocycles. The van der Waals surface area contributed by atoms with Gasteiger partial charge >= 0.3 is 0 Å². The van der Waals surface area contributed by atoms with Gasteiger partial charge in [0, 0.05) is 18.5 Å². The normalized spacial score (nSPS) is 10.7. The zero-order chi connectivity index (χ0) is 20.8. The molecule has 0 radical (unpaired) electrons. The Hall–Kier alpha value is -3.55. The quantitative estimate of drug-likeness (QED) is 0.659. The van der Waals surface area contributed by atoms with E-state index in [9.17, 15) is 18.8 Å². The molecule has 2 amide bonds. The Morgan fingerprint density at radius 2 is 1.86 bits per heavy atom. The number of fused-ring (bicyclic) bond motifs is 1. The first-order valence-electron chi connectivity index (χ1n) is 9.21. The molecule has 8 heteroatoms. The summed E-state index contributed by atoms with van der Waals surface area (Å²) in [5, 5.41) is 7.25. The van der Waals surface area contributed by atoms with Crippen molar-refractivity contribution in [3.63, 3.8) is 0 Å². The highest BCUT2D eigenvalue weighted by atomic mass is 19.1. The molecule has 0 unspecified atom stereocenters. The Bertz CT molecular complexity index is 1080. The monoisotopic (exact) mass is 396 g/mol. The van der Waals surface area contributed by atoms with Gasteiger partial charge in [-0.2, -0.15) is 5.10 Å². The predicted octanol–water partition coefficient (Wildman–Crippen LogP) is 1.70. The molecule has 29 heavy (non-hydrogen) atoms. The predicted molar refractivity (Wildman–Crippen MR) is 107 cm³/mol. The Morgan fingerprint density at radius 3 is 2.59 bits per heavy atom. The zero-order valence-corrected chi connectivity index (χ0v) is 16.0. The number of para-hydroxylation sites is 1. The fourth-order valence-electron chi connectivity index (χ4n) is 2.92. The second-order valence-electron chi connectivity index (χ2n) is 6.49. The topological polar surface area (TPSA) is 84.3 Å². The van der Waals surface area contributed by atoms with Crippen molar-refractivity contribution in [2.24, 2.45) is 0 Å². The fraction of sp³-hybridized carbons (Fsp3) is 0.238. The number of hydrogen-bond donors (Lipinski definition) is 1. The maximum Gasteiger partial charge on any atom is 0.244 e. The Labute approximate surface area is 166 Å². The highest BCUT2D eigenvalue weighted by Crippen LogP contribution is 2.08. The molecule has 0 fully saturated rings. The van der Waals surface area contributed by atoms with Crippen molar-refractivity contribution < 1.29 is 14.0 Å². The van der Waals surface area contributed by atoms with Crippen LogP contribution in [0, 0.1) is 5.82 Å². The lowest BCUT2D eigenvalue weighted by molar-refractivity contribution is -0.136. The van der Waals surface area contributed by atoms with E-state index in [4.69, 9.17) is 0 Å². The van der Waals surface area contributed by atoms with Gasteiger partial charge in [0.15, 0.2) is 0 Å². The average molecular weight is 396 g/mol. The molecule has 1 heterocycles. The number of carbonyl (C=O) groups excluding carboxylic acids is 2. The number of hydrogen-bond acceptors (Lipinski definition) is 4. The van der Waals surface area contributed by atoms with Crippen molar-refractivity contribution in [2.45, 2.75) is 20.0 Å². The summed E-state index contributed by atoms with van der Waals surface area (Å²) < 4.78 is 14.4. The van der Waals surface area contributed by atoms with Gasteiger partial charge in [-0.15, -0.1) is 0 Å². The summed E-state index contributed by atoms with van der Waals surface area (Å²) in [5.74, 6) is -0.945. The molecule has 0 bridgehead atoms. The van der Waals surface area contributed by atoms with E-state index in [1.54, 1.807) is 43.3 Å². The highest BCUT2D eigenvalue weighted by molar-refractivity contribution is 5.86. The summed E-state index contributed by atoms with van der Waals surface area (Å²) in [5.41, 5.74) is 1.11. The molecule has 0 atom stereocenters. The van der Waals surface area contributed by atoms with Crippen LogP contribution in [0.15, 0.2) is 59.5 Å². The third-order valence-corrected chi connectivity index (χ3v) is 4.52. The summed E-state index contributed by atoms with van der Waals surface area (Å²) in [6.45, 7) is 2.19. The van der Waals surface area contributed by atoms with Crippen molar-refractivity contribution in [1.29, 1.82) is 0 Å². The number of halogens is 1. The molecule has 0 aliphatic carbocycles. The molecule has 3 aromatic rings. The van der Waals surface area contributed by atoms with Crippen molar-refractivity contribution in [1.82, 2.24) is 20.0 Å². The van der Waals surface area contributed by atoms with Crippen molar-refractivity contribution in [3.8, 4) is 0 Å². The first-order chi connectivity index (χ1) is 14.0. The van der Waals surface area contributed by atoms with Crippen LogP contribution in [0.3, 0.4) is 0 Å². The number of likely N-dealkylation sites (N-methyl/N-ethyl adjacent to an activating group) is 1. The van der Waals surface area contributed by atoms with Gasteiger partial charge in [-0.05, 0) is 36.8 Å². The SMILES string of the molecule is CCN(CC(=O)NCc1ccc(F)cc1)C(=O)Cn1ncc(=O)c2ccccc21. The highest BCUT2D eigenvalue weighted by Gasteiger charge is 2.17. The van der Waals surface area contributed by atoms with Crippen molar-refractivity contribution >= 4 is 22.7 Å². The van der Waals surface area contributed by atoms with E-state index < -0.39 is 0 Å². The largest absolute Gasteiger partial charge is 0.350 e. The summed E-state index contributed by atoms with van der Waals surface area (Å²) in [4.78, 5) is 38.2. The minimum atomic E-state index is -0.341. The standard InChI is InChI=1S/C21H21FN4O3/c1-2-25(13-20(28)23-11-15-7-9-16(22)10-8-15)21(29)14-26-18-6-4-3-5-17(18)19(27)12-24-26/h3-10,12H,2,11,13-14H2,1H3,(H,23,28). The van der Waals surface area contributed by atoms with Crippen LogP contribution in [0.25, 0.3) is 10.9 Å². The molecule has 2 aromatic carbocycles. The van der Waals surface area contributed by atoms with Gasteiger partial charge in [0.05, 0.1) is 18.3 Å². The number of aromatic nitrogens is 2. The van der Waals surface area contributed by atoms with E-state index in [0.29, 0.717) is 17.4 Å². The van der Waals surface area contributed by atoms with Crippen LogP contribution < -0.4 is 10.7 Å². The molecule has 1 N–H and O–H groups in total. The second-order valence-corrected chi connectivity index (χ2v) is 6.49. The maximum atomic E-state index is 12.9. The second kappa shape index (κ2) is 9.09. The summed E-state index contributed by atoms with van der Waals surface area (Å²) in [6, 6.07) is 12.8. The van der Waals surface area contributed by atoms with Crippen LogP contribution in [0.5, 0.6) is 0 Å². The number of benzene rings is 2. The number of nitrogens with one attached hydrogen (secondary N) is 1. The Kier molecular flexibility index (Phi) is 6.33. The lowest BCUT2D eigenvalue weighted by Crippen LogP contribution is -2.42. The zero-order valence-electron chi connectivity index (χ0n) is 16.0. The molecule has 1 aromatic heterocycles. The summed E-state index contributed by atoms with van der Waals surface area (Å²) >= 11 is 0. The molecular formula is C21H21FN4O3. The lowest BCUT2D eigenvalue weighted by atomic mass is 10.2. The van der Waals surface area contributed by atoms with Gasteiger partial charge in [0.25, 0.3) is 0 Å². The molecule has 0 aliphatic rings. The summed E-state index contributed by atoms with van der Waals surface area (Å²) in [6.07, 6.45) is 1.18. The van der Waals surface area contributed by atoms with E-state index in [2.05, 4.69) is 10.4 Å². The van der Waals surface area contributed by atoms with Gasteiger partial charge in [0.2, 0.25) is 17.2 Å². The molecule has 150 valence electrons. The van der Waals surface area contributed by atoms with Gasteiger partial charge < -0.3 is 10.2 Å². The molecular weight excluding hydrogens is 375 g/mol. The smallest absolute Gasteiger partial charge is 0.244 e. The van der Waals surface area contributed by atoms with E-state index in [-0.39, 0.29) is 42.7 Å². The third kappa shape index (κ3) is 5.04. The number of amides is 2. The number of rotatable bonds is 7. The van der Waals surface area contributed by atoms with Crippen molar-refractivity contribution in [2.75, 3.05) is 13.1 Å². The van der Waals surface area contributed by atoms with Gasteiger partial charge in [-0.1, -0.05) is 24.3 Å². The molecule has 7 nitrogen and oxygen atoms in total. The fourth-order valence-corrected chi connectivity index (χ4v) is 2.92. The van der Waals surface area contributed by atoms with Crippen molar-refractivity contribution in [3.05, 3.63) is 76.3 Å². The minimum absolute atomic E-state index is 0.0835. The van der Waals surface area contributed by atoms with Crippen LogP contribution in [0.2, 0.25) is 0 Å². The lowest BCUT2D eigenvalue weighted by Gasteiger charge is -2.21. The van der Waals surface area contributed by atoms with E-state index in [0.717, 1.165) is 5.56 Å². The molecule has 0 spiro atoms. The average Bonchev–Trinajstić information content (AvgIpc) is 2.73. The molecule has 0 saturated heterocycles. The van der Waals surface area contributed by atoms with Crippen LogP contribution in [-0.4, -0.2) is 39.6 Å². The first-order valence-corrected chi connectivity index (χ1v) is 9.21. The molecule has 3 rings (SSSR count). The van der Waals surface area contributed by atoms with Gasteiger partial charge in [-0.25, -0.2) is 4.39 Å². The van der Waals surface area contributed by atoms with Gasteiger partial charge in [-0.3, -0.25) is 19.1 Å². The number of nitrogens with zero attached hydrogens (tertiary/aromatic N) is 3. The number of carbonyl (C=O) groups is 2. The van der Waals surface area contributed by atoms with Crippen LogP contribution in [0.1, 0.15) is 12.5 Å². The van der Waals surface area contributed by atoms with Crippen LogP contribution in [0.4, 0.5) is 4.39 Å². The Morgan fingerprint density at radius 1 is 1.14 bits per heavy atom. The van der Waals surface area contributed by atoms with E-state index in [1.807, 2.05) is 0 Å². The molecule has 0 saturated carbocycles. The third-order valence-electron chi connectivity index (χ3n) is 4.52. The van der Waals surface area contributed by atoms with E-state index >= 15 is 0 Å². The van der Waals surface area contributed by atoms with Gasteiger partial charge in [0.1, 0.15) is 12.4 Å². The maximum absolute atomic E-state index is 12.9. The van der Waals surface area contributed by atoms with Crippen LogP contribution >= 0.6 is 0 Å². The minimum Gasteiger partial charge on any atom is -0.350 e. The first kappa shape index (κ1) is 20.2. The summed E-state index contributed by atoms with van der Waals surface area (Å²) in [7, 11) is 0.